The molecule has 3 heterocycles. The molecule has 2 saturated heterocycles. The normalized spacial score (nSPS) is 35.0. The van der Waals surface area contributed by atoms with Crippen LogP contribution in [0.2, 0.25) is 0 Å². The maximum Gasteiger partial charge on any atom is 0.498 e. The zero-order valence-corrected chi connectivity index (χ0v) is 12.8. The van der Waals surface area contributed by atoms with Gasteiger partial charge in [0.25, 0.3) is 0 Å². The van der Waals surface area contributed by atoms with Gasteiger partial charge in [0.2, 0.25) is 0 Å². The average Bonchev–Trinajstić information content (AvgIpc) is 2.73. The first-order valence-electron chi connectivity index (χ1n) is 9.49. The van der Waals surface area contributed by atoms with Gasteiger partial charge in [0.05, 0.1) is 11.2 Å². The summed E-state index contributed by atoms with van der Waals surface area (Å²) in [6.45, 7) is 6.91. The largest absolute Gasteiger partial charge is 0.498 e. The van der Waals surface area contributed by atoms with E-state index in [1.807, 2.05) is 27.7 Å². The molecule has 0 spiro atoms. The second-order valence-corrected chi connectivity index (χ2v) is 6.15. The van der Waals surface area contributed by atoms with E-state index in [1.54, 1.807) is 0 Å². The Morgan fingerprint density at radius 1 is 1.14 bits per heavy atom. The van der Waals surface area contributed by atoms with Crippen LogP contribution in [-0.2, 0) is 14.0 Å². The Balaban J connectivity index is 1.93. The van der Waals surface area contributed by atoms with Crippen molar-refractivity contribution in [2.75, 3.05) is 13.2 Å². The van der Waals surface area contributed by atoms with Crippen molar-refractivity contribution in [3.8, 4) is 0 Å². The van der Waals surface area contributed by atoms with E-state index in [1.165, 1.54) is 12.4 Å². The van der Waals surface area contributed by atoms with Crippen LogP contribution in [-0.4, -0.2) is 41.5 Å². The van der Waals surface area contributed by atoms with Gasteiger partial charge in [-0.05, 0) is 40.4 Å². The molecule has 21 heavy (non-hydrogen) atoms. The van der Waals surface area contributed by atoms with Gasteiger partial charge in [-0.1, -0.05) is 0 Å². The fourth-order valence-electron chi connectivity index (χ4n) is 2.09. The summed E-state index contributed by atoms with van der Waals surface area (Å²) in [6.07, 6.45) is -1.74. The van der Waals surface area contributed by atoms with Crippen LogP contribution in [0.15, 0.2) is 12.4 Å². The molecule has 2 aliphatic rings. The molecule has 0 N–H and O–H groups in total. The van der Waals surface area contributed by atoms with E-state index in [9.17, 15) is 0 Å². The van der Waals surface area contributed by atoms with E-state index in [4.69, 9.17) is 20.9 Å². The first-order chi connectivity index (χ1) is 11.7. The van der Waals surface area contributed by atoms with Gasteiger partial charge in [0, 0.05) is 43.8 Å². The Hall–Kier alpha value is -0.975. The lowest BCUT2D eigenvalue weighted by atomic mass is 9.81. The first kappa shape index (κ1) is 9.92. The number of nitrogens with zero attached hydrogens (tertiary/aromatic N) is 2. The molecule has 1 aromatic rings. The van der Waals surface area contributed by atoms with Crippen LogP contribution < -0.4 is 5.46 Å². The zero-order chi connectivity index (χ0) is 19.6. The van der Waals surface area contributed by atoms with E-state index in [-0.39, 0.29) is 5.82 Å². The maximum atomic E-state index is 8.56. The summed E-state index contributed by atoms with van der Waals surface area (Å²) in [6, 6.07) is 0. The van der Waals surface area contributed by atoms with Crippen LogP contribution in [0.1, 0.15) is 59.0 Å². The predicted octanol–water partition coefficient (Wildman–Crippen LogP) is 1.67. The van der Waals surface area contributed by atoms with E-state index in [0.29, 0.717) is 5.46 Å². The van der Waals surface area contributed by atoms with E-state index >= 15 is 0 Å². The maximum absolute atomic E-state index is 8.56. The first-order valence-corrected chi connectivity index (χ1v) is 6.99. The molecule has 0 aliphatic carbocycles. The van der Waals surface area contributed by atoms with Gasteiger partial charge >= 0.3 is 7.12 Å². The highest BCUT2D eigenvalue weighted by Crippen LogP contribution is 2.36. The summed E-state index contributed by atoms with van der Waals surface area (Å²) in [5, 5.41) is 0. The van der Waals surface area contributed by atoms with Crippen molar-refractivity contribution in [2.45, 2.75) is 57.5 Å². The highest BCUT2D eigenvalue weighted by atomic mass is 16.7. The van der Waals surface area contributed by atoms with Crippen molar-refractivity contribution in [3.63, 3.8) is 0 Å². The van der Waals surface area contributed by atoms with Crippen molar-refractivity contribution in [1.82, 2.24) is 9.97 Å². The molecule has 0 bridgehead atoms. The second-order valence-electron chi connectivity index (χ2n) is 6.15. The number of ether oxygens (including phenoxy) is 1. The molecule has 0 amide bonds. The van der Waals surface area contributed by atoms with E-state index in [2.05, 4.69) is 9.97 Å². The number of hydrogen-bond donors (Lipinski definition) is 0. The number of aromatic nitrogens is 2. The van der Waals surface area contributed by atoms with Crippen molar-refractivity contribution >= 4 is 12.6 Å². The predicted molar refractivity (Wildman–Crippen MR) is 80.5 cm³/mol. The molecule has 2 fully saturated rings. The number of rotatable bonds is 2. The molecule has 0 aromatic carbocycles. The van der Waals surface area contributed by atoms with Crippen LogP contribution in [0.5, 0.6) is 0 Å². The molecule has 0 radical (unpaired) electrons. The number of hydrogen-bond acceptors (Lipinski definition) is 5. The summed E-state index contributed by atoms with van der Waals surface area (Å²) in [7, 11) is -0.682. The van der Waals surface area contributed by atoms with Gasteiger partial charge in [-0.25, -0.2) is 9.97 Å². The Labute approximate surface area is 133 Å². The smallest absolute Gasteiger partial charge is 0.399 e. The van der Waals surface area contributed by atoms with Crippen molar-refractivity contribution in [1.29, 1.82) is 0 Å². The fourth-order valence-corrected chi connectivity index (χ4v) is 2.09. The van der Waals surface area contributed by atoms with Crippen molar-refractivity contribution in [2.24, 2.45) is 0 Å². The Morgan fingerprint density at radius 3 is 2.19 bits per heavy atom. The fraction of sp³-hybridized carbons (Fsp3) is 0.733. The summed E-state index contributed by atoms with van der Waals surface area (Å²) in [4.78, 5) is 8.22. The summed E-state index contributed by atoms with van der Waals surface area (Å²) in [5.41, 5.74) is -0.519. The second kappa shape index (κ2) is 5.34. The summed E-state index contributed by atoms with van der Waals surface area (Å²) >= 11 is 0. The molecule has 6 heteroatoms. The summed E-state index contributed by atoms with van der Waals surface area (Å²) in [5.74, 6) is -2.51. The quantitative estimate of drug-likeness (QED) is 0.777. The van der Waals surface area contributed by atoms with E-state index < -0.39 is 50.2 Å². The molecular formula is C15H23BN2O3. The third-order valence-electron chi connectivity index (χ3n) is 4.12. The molecule has 1 aromatic heterocycles. The standard InChI is InChI=1S/C15H23BN2O3/c1-14(2)15(3,4)21-16(20-14)12-9-17-13(18-10-12)11-5-7-19-8-6-11/h9-11H,5-8H2,1-4H3/i5D2,6D2,11D. The molecule has 0 saturated carbocycles. The topological polar surface area (TPSA) is 53.5 Å². The minimum atomic E-state index is -2.29. The van der Waals surface area contributed by atoms with Crippen LogP contribution in [0, 0.1) is 0 Å². The Bertz CT molecular complexity index is 667. The zero-order valence-electron chi connectivity index (χ0n) is 17.8. The van der Waals surface area contributed by atoms with Gasteiger partial charge in [0.1, 0.15) is 5.82 Å². The molecular weight excluding hydrogens is 267 g/mol. The monoisotopic (exact) mass is 295 g/mol. The van der Waals surface area contributed by atoms with Gasteiger partial charge in [-0.15, -0.1) is 0 Å². The molecule has 114 valence electrons. The lowest BCUT2D eigenvalue weighted by Gasteiger charge is -2.32. The highest BCUT2D eigenvalue weighted by Gasteiger charge is 2.51. The van der Waals surface area contributed by atoms with Crippen molar-refractivity contribution in [3.05, 3.63) is 18.2 Å². The summed E-state index contributed by atoms with van der Waals surface area (Å²) < 4.78 is 57.7. The molecule has 5 nitrogen and oxygen atoms in total. The van der Waals surface area contributed by atoms with E-state index in [0.717, 1.165) is 0 Å². The van der Waals surface area contributed by atoms with Crippen molar-refractivity contribution < 1.29 is 20.9 Å². The van der Waals surface area contributed by atoms with Gasteiger partial charge in [-0.2, -0.15) is 0 Å². The van der Waals surface area contributed by atoms with Crippen LogP contribution in [0.3, 0.4) is 0 Å². The molecule has 0 atom stereocenters. The minimum absolute atomic E-state index is 0.226. The van der Waals surface area contributed by atoms with Gasteiger partial charge in [0.15, 0.2) is 0 Å². The minimum Gasteiger partial charge on any atom is -0.399 e. The third kappa shape index (κ3) is 2.85. The lowest BCUT2D eigenvalue weighted by molar-refractivity contribution is 0.00578. The third-order valence-corrected chi connectivity index (χ3v) is 4.12. The lowest BCUT2D eigenvalue weighted by Crippen LogP contribution is -2.41. The Morgan fingerprint density at radius 2 is 1.67 bits per heavy atom. The average molecular weight is 295 g/mol. The molecule has 2 aliphatic heterocycles. The van der Waals surface area contributed by atoms with Crippen LogP contribution in [0.4, 0.5) is 0 Å². The van der Waals surface area contributed by atoms with Gasteiger partial charge in [-0.3, -0.25) is 0 Å². The van der Waals surface area contributed by atoms with Gasteiger partial charge < -0.3 is 14.0 Å². The van der Waals surface area contributed by atoms with Crippen LogP contribution >= 0.6 is 0 Å². The van der Waals surface area contributed by atoms with Crippen LogP contribution in [0.25, 0.3) is 0 Å². The Kier molecular flexibility index (Phi) is 2.52. The molecule has 0 unspecified atom stereocenters. The highest BCUT2D eigenvalue weighted by molar-refractivity contribution is 6.61. The molecule has 3 rings (SSSR count). The SMILES string of the molecule is [2H]C1([2H])COCC([2H])([2H])C1([2H])c1ncc(B2OC(C)(C)C(C)(C)O2)cn1.